The fraction of sp³-hybridized carbons (Fsp3) is 0.269. The number of hydrogen-bond donors (Lipinski definition) is 4. The van der Waals surface area contributed by atoms with Crippen molar-refractivity contribution in [3.8, 4) is 11.5 Å². The number of rotatable bonds is 8. The summed E-state index contributed by atoms with van der Waals surface area (Å²) in [7, 11) is 0. The summed E-state index contributed by atoms with van der Waals surface area (Å²) in [4.78, 5) is 27.0. The van der Waals surface area contributed by atoms with E-state index in [1.807, 2.05) is 18.2 Å². The molecule has 0 saturated carbocycles. The van der Waals surface area contributed by atoms with Crippen LogP contribution in [0.5, 0.6) is 11.5 Å². The standard InChI is InChI=1S/C26H26ClN3O5/c1-15(31)30-23-8-7-21(12-22(23)26(33)34)35-20-6-3-16-2-5-19(10-18(16)11-20)28-14-24(32)17-4-9-25(27)29-13-17/h3-4,6-9,11-13,19,24,28,32H,2,5,10,14H2,1H3,(H,30,31)(H,33,34)/t19-,24+/m0/s1. The lowest BCUT2D eigenvalue weighted by molar-refractivity contribution is -0.114. The van der Waals surface area contributed by atoms with Crippen molar-refractivity contribution in [3.63, 3.8) is 0 Å². The number of amides is 1. The van der Waals surface area contributed by atoms with Gasteiger partial charge in [-0.2, -0.15) is 0 Å². The van der Waals surface area contributed by atoms with Crippen molar-refractivity contribution < 1.29 is 24.5 Å². The highest BCUT2D eigenvalue weighted by Gasteiger charge is 2.21. The molecule has 4 rings (SSSR count). The van der Waals surface area contributed by atoms with Crippen LogP contribution >= 0.6 is 11.6 Å². The molecule has 0 radical (unpaired) electrons. The Bertz CT molecular complexity index is 1230. The zero-order valence-electron chi connectivity index (χ0n) is 19.1. The molecule has 35 heavy (non-hydrogen) atoms. The van der Waals surface area contributed by atoms with E-state index in [1.54, 1.807) is 24.4 Å². The maximum absolute atomic E-state index is 11.6. The van der Waals surface area contributed by atoms with Crippen LogP contribution in [0.25, 0.3) is 0 Å². The quantitative estimate of drug-likeness (QED) is 0.342. The lowest BCUT2D eigenvalue weighted by Crippen LogP contribution is -2.37. The molecule has 1 aliphatic carbocycles. The number of carbonyl (C=O) groups is 2. The molecular weight excluding hydrogens is 470 g/mol. The number of nitrogens with zero attached hydrogens (tertiary/aromatic N) is 1. The van der Waals surface area contributed by atoms with Crippen LogP contribution in [0.4, 0.5) is 5.69 Å². The summed E-state index contributed by atoms with van der Waals surface area (Å²) in [5, 5.41) is 26.3. The molecule has 4 N–H and O–H groups in total. The molecular formula is C26H26ClN3O5. The summed E-state index contributed by atoms with van der Waals surface area (Å²) in [6, 6.07) is 14.0. The lowest BCUT2D eigenvalue weighted by atomic mass is 9.88. The number of aliphatic hydroxyl groups is 1. The van der Waals surface area contributed by atoms with E-state index in [-0.39, 0.29) is 23.2 Å². The number of aliphatic hydroxyl groups excluding tert-OH is 1. The molecule has 0 aliphatic heterocycles. The summed E-state index contributed by atoms with van der Waals surface area (Å²) in [6.07, 6.45) is 3.53. The number of anilines is 1. The zero-order chi connectivity index (χ0) is 24.9. The second-order valence-electron chi connectivity index (χ2n) is 8.50. The van der Waals surface area contributed by atoms with E-state index < -0.39 is 12.1 Å². The number of fused-ring (bicyclic) bond motifs is 1. The average Bonchev–Trinajstić information content (AvgIpc) is 2.83. The van der Waals surface area contributed by atoms with Gasteiger partial charge in [-0.15, -0.1) is 0 Å². The van der Waals surface area contributed by atoms with Crippen LogP contribution in [-0.2, 0) is 17.6 Å². The fourth-order valence-electron chi connectivity index (χ4n) is 4.15. The Labute approximate surface area is 207 Å². The Hall–Kier alpha value is -3.46. The molecule has 3 aromatic rings. The number of benzene rings is 2. The summed E-state index contributed by atoms with van der Waals surface area (Å²) in [5.41, 5.74) is 3.26. The van der Waals surface area contributed by atoms with Crippen molar-refractivity contribution in [2.24, 2.45) is 0 Å². The van der Waals surface area contributed by atoms with Gasteiger partial charge in [0.2, 0.25) is 5.91 Å². The van der Waals surface area contributed by atoms with Gasteiger partial charge in [0.25, 0.3) is 0 Å². The molecule has 0 spiro atoms. The van der Waals surface area contributed by atoms with E-state index in [0.29, 0.717) is 28.8 Å². The van der Waals surface area contributed by atoms with Crippen molar-refractivity contribution in [2.45, 2.75) is 38.3 Å². The smallest absolute Gasteiger partial charge is 0.337 e. The first kappa shape index (κ1) is 24.7. The fourth-order valence-corrected chi connectivity index (χ4v) is 4.26. The van der Waals surface area contributed by atoms with Crippen LogP contribution in [-0.4, -0.2) is 39.7 Å². The second-order valence-corrected chi connectivity index (χ2v) is 8.89. The predicted octanol–water partition coefficient (Wildman–Crippen LogP) is 4.36. The number of carboxylic acid groups (broad SMARTS) is 1. The van der Waals surface area contributed by atoms with Crippen LogP contribution in [0.15, 0.2) is 54.7 Å². The van der Waals surface area contributed by atoms with Gasteiger partial charge in [-0.05, 0) is 66.8 Å². The molecule has 9 heteroatoms. The van der Waals surface area contributed by atoms with Crippen LogP contribution < -0.4 is 15.4 Å². The van der Waals surface area contributed by atoms with Crippen molar-refractivity contribution in [3.05, 3.63) is 82.1 Å². The predicted molar refractivity (Wildman–Crippen MR) is 132 cm³/mol. The van der Waals surface area contributed by atoms with Crippen molar-refractivity contribution in [1.29, 1.82) is 0 Å². The number of hydrogen-bond acceptors (Lipinski definition) is 6. The normalized spacial score (nSPS) is 15.7. The average molecular weight is 496 g/mol. The first-order valence-electron chi connectivity index (χ1n) is 11.3. The van der Waals surface area contributed by atoms with Crippen LogP contribution in [0.1, 0.15) is 46.5 Å². The van der Waals surface area contributed by atoms with Gasteiger partial charge in [0.1, 0.15) is 16.7 Å². The van der Waals surface area contributed by atoms with E-state index in [4.69, 9.17) is 16.3 Å². The number of pyridine rings is 1. The van der Waals surface area contributed by atoms with Gasteiger partial charge in [0.15, 0.2) is 0 Å². The maximum Gasteiger partial charge on any atom is 0.337 e. The van der Waals surface area contributed by atoms with Crippen molar-refractivity contribution >= 4 is 29.2 Å². The zero-order valence-corrected chi connectivity index (χ0v) is 19.9. The minimum absolute atomic E-state index is 0.0469. The van der Waals surface area contributed by atoms with Gasteiger partial charge in [-0.25, -0.2) is 9.78 Å². The van der Waals surface area contributed by atoms with Crippen LogP contribution in [0, 0.1) is 0 Å². The Balaban J connectivity index is 1.41. The number of halogens is 1. The van der Waals surface area contributed by atoms with Gasteiger partial charge >= 0.3 is 5.97 Å². The number of aromatic nitrogens is 1. The van der Waals surface area contributed by atoms with Gasteiger partial charge in [0.05, 0.1) is 17.4 Å². The number of aromatic carboxylic acids is 1. The van der Waals surface area contributed by atoms with E-state index in [9.17, 15) is 19.8 Å². The highest BCUT2D eigenvalue weighted by atomic mass is 35.5. The molecule has 2 atom stereocenters. The summed E-state index contributed by atoms with van der Waals surface area (Å²) >= 11 is 5.81. The molecule has 182 valence electrons. The van der Waals surface area contributed by atoms with E-state index in [1.165, 1.54) is 24.6 Å². The van der Waals surface area contributed by atoms with E-state index in [2.05, 4.69) is 15.6 Å². The van der Waals surface area contributed by atoms with Crippen LogP contribution in [0.3, 0.4) is 0 Å². The Kier molecular flexibility index (Phi) is 7.65. The summed E-state index contributed by atoms with van der Waals surface area (Å²) in [6.45, 7) is 1.72. The Morgan fingerprint density at radius 1 is 1.14 bits per heavy atom. The van der Waals surface area contributed by atoms with E-state index in [0.717, 1.165) is 24.8 Å². The Morgan fingerprint density at radius 2 is 1.91 bits per heavy atom. The number of nitrogens with one attached hydrogen (secondary N) is 2. The molecule has 0 bridgehead atoms. The number of aryl methyl sites for hydroxylation is 1. The molecule has 2 aromatic carbocycles. The minimum Gasteiger partial charge on any atom is -0.478 e. The first-order chi connectivity index (χ1) is 16.8. The molecule has 1 aromatic heterocycles. The van der Waals surface area contributed by atoms with Gasteiger partial charge in [-0.3, -0.25) is 4.79 Å². The number of carbonyl (C=O) groups excluding carboxylic acids is 1. The SMILES string of the molecule is CC(=O)Nc1ccc(Oc2ccc3c(c2)C[C@@H](NC[C@@H](O)c2ccc(Cl)nc2)CC3)cc1C(=O)O. The lowest BCUT2D eigenvalue weighted by Gasteiger charge is -2.27. The number of ether oxygens (including phenoxy) is 1. The number of carboxylic acids is 1. The minimum atomic E-state index is -1.16. The molecule has 1 heterocycles. The van der Waals surface area contributed by atoms with Crippen molar-refractivity contribution in [1.82, 2.24) is 10.3 Å². The highest BCUT2D eigenvalue weighted by Crippen LogP contribution is 2.31. The topological polar surface area (TPSA) is 121 Å². The molecule has 8 nitrogen and oxygen atoms in total. The molecule has 1 aliphatic rings. The van der Waals surface area contributed by atoms with Crippen molar-refractivity contribution in [2.75, 3.05) is 11.9 Å². The third-order valence-corrected chi connectivity index (χ3v) is 6.13. The largest absolute Gasteiger partial charge is 0.478 e. The molecule has 0 unspecified atom stereocenters. The molecule has 0 saturated heterocycles. The van der Waals surface area contributed by atoms with Gasteiger partial charge < -0.3 is 25.6 Å². The summed E-state index contributed by atoms with van der Waals surface area (Å²) < 4.78 is 5.94. The monoisotopic (exact) mass is 495 g/mol. The first-order valence-corrected chi connectivity index (χ1v) is 11.6. The molecule has 1 amide bonds. The highest BCUT2D eigenvalue weighted by molar-refractivity contribution is 6.29. The maximum atomic E-state index is 11.6. The Morgan fingerprint density at radius 3 is 2.63 bits per heavy atom. The van der Waals surface area contributed by atoms with Gasteiger partial charge in [0, 0.05) is 31.3 Å². The second kappa shape index (κ2) is 10.9. The third-order valence-electron chi connectivity index (χ3n) is 5.91. The third kappa shape index (κ3) is 6.36. The molecule has 0 fully saturated rings. The van der Waals surface area contributed by atoms with Gasteiger partial charge in [-0.1, -0.05) is 23.7 Å². The van der Waals surface area contributed by atoms with E-state index >= 15 is 0 Å². The van der Waals surface area contributed by atoms with Crippen LogP contribution in [0.2, 0.25) is 5.15 Å². The summed E-state index contributed by atoms with van der Waals surface area (Å²) in [5.74, 6) is -0.548.